The highest BCUT2D eigenvalue weighted by Crippen LogP contribution is 2.31. The van der Waals surface area contributed by atoms with Crippen LogP contribution in [-0.2, 0) is 0 Å². The molecule has 1 atom stereocenters. The number of aliphatic hydroxyl groups is 1. The number of carbonyl (C=O) groups is 1. The summed E-state index contributed by atoms with van der Waals surface area (Å²) >= 11 is 0. The van der Waals surface area contributed by atoms with Gasteiger partial charge in [-0.2, -0.15) is 4.98 Å². The molecule has 0 aliphatic heterocycles. The second-order valence-corrected chi connectivity index (χ2v) is 8.37. The number of nitrogens with zero attached hydrogens (tertiary/aromatic N) is 4. The second kappa shape index (κ2) is 10.3. The minimum absolute atomic E-state index is 0.0654. The van der Waals surface area contributed by atoms with E-state index in [2.05, 4.69) is 30.8 Å². The fourth-order valence-electron chi connectivity index (χ4n) is 3.52. The van der Waals surface area contributed by atoms with E-state index in [1.807, 2.05) is 44.2 Å². The van der Waals surface area contributed by atoms with Crippen molar-refractivity contribution in [2.75, 3.05) is 17.2 Å². The zero-order valence-electron chi connectivity index (χ0n) is 19.7. The molecule has 0 spiro atoms. The normalized spacial score (nSPS) is 11.9. The van der Waals surface area contributed by atoms with Crippen molar-refractivity contribution >= 4 is 23.4 Å². The molecule has 2 heterocycles. The van der Waals surface area contributed by atoms with Crippen molar-refractivity contribution < 1.29 is 14.3 Å². The average Bonchev–Trinajstić information content (AvgIpc) is 3.33. The van der Waals surface area contributed by atoms with Gasteiger partial charge in [0.2, 0.25) is 17.7 Å². The second-order valence-electron chi connectivity index (χ2n) is 8.37. The molecule has 2 aromatic heterocycles. The summed E-state index contributed by atoms with van der Waals surface area (Å²) in [6.07, 6.45) is 1.58. The third-order valence-electron chi connectivity index (χ3n) is 5.40. The molecular formula is C25H27N7O3. The van der Waals surface area contributed by atoms with Crippen LogP contribution in [0.5, 0.6) is 0 Å². The minimum atomic E-state index is -0.488. The Bertz CT molecular complexity index is 1320. The first-order valence-electron chi connectivity index (χ1n) is 11.2. The monoisotopic (exact) mass is 473 g/mol. The summed E-state index contributed by atoms with van der Waals surface area (Å²) in [5.41, 5.74) is 8.66. The number of primary amides is 1. The maximum Gasteiger partial charge on any atom is 0.253 e. The molecule has 5 N–H and O–H groups in total. The van der Waals surface area contributed by atoms with Crippen LogP contribution in [0, 0.1) is 6.92 Å². The number of benzene rings is 2. The van der Waals surface area contributed by atoms with Gasteiger partial charge in [-0.05, 0) is 36.2 Å². The van der Waals surface area contributed by atoms with Gasteiger partial charge in [0.25, 0.3) is 5.89 Å². The number of amides is 1. The molecule has 0 radical (unpaired) electrons. The Morgan fingerprint density at radius 2 is 1.91 bits per heavy atom. The Morgan fingerprint density at radius 1 is 1.14 bits per heavy atom. The molecule has 35 heavy (non-hydrogen) atoms. The molecular weight excluding hydrogens is 446 g/mol. The van der Waals surface area contributed by atoms with Crippen LogP contribution in [0.4, 0.5) is 17.5 Å². The summed E-state index contributed by atoms with van der Waals surface area (Å²) in [5.74, 6) is 1.06. The highest BCUT2D eigenvalue weighted by molar-refractivity contribution is 5.94. The molecule has 0 aliphatic carbocycles. The van der Waals surface area contributed by atoms with Crippen LogP contribution in [0.1, 0.15) is 53.2 Å². The smallest absolute Gasteiger partial charge is 0.253 e. The highest BCUT2D eigenvalue weighted by atomic mass is 16.4. The number of rotatable bonds is 9. The standard InChI is InChI=1S/C25H27N7O3/c1-14(2)23-31-32-24(35-23)19-12-27-25(28-17-9-10-18(21(26)34)15(3)11-17)30-22(19)29-20(13-33)16-7-5-4-6-8-16/h4-12,14,20,33H,13H2,1-3H3,(H2,26,34)(H2,27,28,29,30)/t20-/m1/s1. The van der Waals surface area contributed by atoms with E-state index < -0.39 is 11.9 Å². The van der Waals surface area contributed by atoms with Gasteiger partial charge in [-0.25, -0.2) is 4.98 Å². The van der Waals surface area contributed by atoms with Crippen molar-refractivity contribution in [3.8, 4) is 11.5 Å². The van der Waals surface area contributed by atoms with Gasteiger partial charge in [0.15, 0.2) is 0 Å². The third kappa shape index (κ3) is 5.44. The summed E-state index contributed by atoms with van der Waals surface area (Å²) < 4.78 is 5.83. The molecule has 0 bridgehead atoms. The van der Waals surface area contributed by atoms with E-state index in [0.717, 1.165) is 11.1 Å². The Balaban J connectivity index is 1.70. The highest BCUT2D eigenvalue weighted by Gasteiger charge is 2.20. The van der Waals surface area contributed by atoms with E-state index in [0.29, 0.717) is 34.5 Å². The molecule has 180 valence electrons. The number of aryl methyl sites for hydroxylation is 1. The van der Waals surface area contributed by atoms with Crippen molar-refractivity contribution in [1.29, 1.82) is 0 Å². The molecule has 0 saturated heterocycles. The summed E-state index contributed by atoms with van der Waals surface area (Å²) in [6.45, 7) is 5.56. The van der Waals surface area contributed by atoms with Crippen molar-refractivity contribution in [3.05, 3.63) is 77.3 Å². The number of nitrogens with two attached hydrogens (primary N) is 1. The Labute approximate surface area is 202 Å². The van der Waals surface area contributed by atoms with Crippen molar-refractivity contribution in [1.82, 2.24) is 20.2 Å². The summed E-state index contributed by atoms with van der Waals surface area (Å²) in [6, 6.07) is 14.3. The van der Waals surface area contributed by atoms with E-state index in [4.69, 9.17) is 10.2 Å². The average molecular weight is 474 g/mol. The first-order valence-corrected chi connectivity index (χ1v) is 11.2. The van der Waals surface area contributed by atoms with E-state index >= 15 is 0 Å². The molecule has 4 aromatic rings. The van der Waals surface area contributed by atoms with Gasteiger partial charge in [-0.3, -0.25) is 4.79 Å². The van der Waals surface area contributed by atoms with E-state index in [-0.39, 0.29) is 18.4 Å². The van der Waals surface area contributed by atoms with E-state index in [1.165, 1.54) is 0 Å². The lowest BCUT2D eigenvalue weighted by molar-refractivity contribution is 0.0999. The lowest BCUT2D eigenvalue weighted by atomic mass is 10.1. The molecule has 4 rings (SSSR count). The SMILES string of the molecule is Cc1cc(Nc2ncc(-c3nnc(C(C)C)o3)c(N[C@H](CO)c3ccccc3)n2)ccc1C(N)=O. The lowest BCUT2D eigenvalue weighted by Crippen LogP contribution is -2.17. The quantitative estimate of drug-likeness (QED) is 0.283. The van der Waals surface area contributed by atoms with Crippen LogP contribution in [0.2, 0.25) is 0 Å². The van der Waals surface area contributed by atoms with Gasteiger partial charge in [0.1, 0.15) is 5.82 Å². The van der Waals surface area contributed by atoms with Gasteiger partial charge >= 0.3 is 0 Å². The third-order valence-corrected chi connectivity index (χ3v) is 5.40. The maximum absolute atomic E-state index is 11.5. The largest absolute Gasteiger partial charge is 0.420 e. The molecule has 0 aliphatic rings. The first kappa shape index (κ1) is 23.8. The molecule has 0 unspecified atom stereocenters. The number of nitrogens with one attached hydrogen (secondary N) is 2. The fourth-order valence-corrected chi connectivity index (χ4v) is 3.52. The van der Waals surface area contributed by atoms with Crippen molar-refractivity contribution in [3.63, 3.8) is 0 Å². The van der Waals surface area contributed by atoms with E-state index in [1.54, 1.807) is 31.3 Å². The number of aromatic nitrogens is 4. The lowest BCUT2D eigenvalue weighted by Gasteiger charge is -2.19. The molecule has 0 fully saturated rings. The van der Waals surface area contributed by atoms with Crippen LogP contribution >= 0.6 is 0 Å². The van der Waals surface area contributed by atoms with Crippen LogP contribution in [-0.4, -0.2) is 37.8 Å². The predicted molar refractivity (Wildman–Crippen MR) is 132 cm³/mol. The summed E-state index contributed by atoms with van der Waals surface area (Å²) in [4.78, 5) is 20.6. The van der Waals surface area contributed by atoms with Gasteiger partial charge in [0, 0.05) is 23.4 Å². The molecule has 0 saturated carbocycles. The zero-order chi connectivity index (χ0) is 24.9. The maximum atomic E-state index is 11.5. The molecule has 10 heteroatoms. The van der Waals surface area contributed by atoms with Crippen LogP contribution in [0.3, 0.4) is 0 Å². The Kier molecular flexibility index (Phi) is 7.02. The predicted octanol–water partition coefficient (Wildman–Crippen LogP) is 3.95. The number of aliphatic hydroxyl groups excluding tert-OH is 1. The summed E-state index contributed by atoms with van der Waals surface area (Å²) in [7, 11) is 0. The fraction of sp³-hybridized carbons (Fsp3) is 0.240. The number of carbonyl (C=O) groups excluding carboxylic acids is 1. The Morgan fingerprint density at radius 3 is 2.54 bits per heavy atom. The molecule has 2 aromatic carbocycles. The first-order chi connectivity index (χ1) is 16.9. The summed E-state index contributed by atoms with van der Waals surface area (Å²) in [5, 5.41) is 24.8. The Hall–Kier alpha value is -4.31. The van der Waals surface area contributed by atoms with Crippen molar-refractivity contribution in [2.24, 2.45) is 5.73 Å². The zero-order valence-corrected chi connectivity index (χ0v) is 19.7. The topological polar surface area (TPSA) is 152 Å². The minimum Gasteiger partial charge on any atom is -0.420 e. The molecule has 1 amide bonds. The van der Waals surface area contributed by atoms with Crippen LogP contribution in [0.25, 0.3) is 11.5 Å². The van der Waals surface area contributed by atoms with Gasteiger partial charge in [-0.15, -0.1) is 10.2 Å². The number of hydrogen-bond acceptors (Lipinski definition) is 9. The van der Waals surface area contributed by atoms with Gasteiger partial charge < -0.3 is 25.9 Å². The van der Waals surface area contributed by atoms with Crippen LogP contribution in [0.15, 0.2) is 59.1 Å². The number of hydrogen-bond donors (Lipinski definition) is 4. The van der Waals surface area contributed by atoms with Gasteiger partial charge in [-0.1, -0.05) is 44.2 Å². The molecule has 10 nitrogen and oxygen atoms in total. The van der Waals surface area contributed by atoms with Crippen LogP contribution < -0.4 is 16.4 Å². The van der Waals surface area contributed by atoms with E-state index in [9.17, 15) is 9.90 Å². The number of anilines is 3. The van der Waals surface area contributed by atoms with Crippen molar-refractivity contribution in [2.45, 2.75) is 32.7 Å². The van der Waals surface area contributed by atoms with Gasteiger partial charge in [0.05, 0.1) is 18.2 Å².